The largest absolute Gasteiger partial charge is 0.248 e. The van der Waals surface area contributed by atoms with Gasteiger partial charge >= 0.3 is 0 Å². The number of hydrogen-bond donors (Lipinski definition) is 1. The van der Waals surface area contributed by atoms with E-state index in [-0.39, 0.29) is 0 Å². The van der Waals surface area contributed by atoms with Crippen molar-refractivity contribution in [2.24, 2.45) is 0 Å². The molecule has 44 valence electrons. The van der Waals surface area contributed by atoms with Crippen LogP contribution in [-0.4, -0.2) is 12.8 Å². The van der Waals surface area contributed by atoms with Crippen LogP contribution in [0.25, 0.3) is 0 Å². The van der Waals surface area contributed by atoms with E-state index in [2.05, 4.69) is 25.1 Å². The predicted molar refractivity (Wildman–Crippen MR) is 34.9 cm³/mol. The van der Waals surface area contributed by atoms with Gasteiger partial charge in [-0.15, -0.1) is 0 Å². The fourth-order valence-electron chi connectivity index (χ4n) is 0.805. The van der Waals surface area contributed by atoms with E-state index in [0.29, 0.717) is 0 Å². The monoisotopic (exact) mass is 110 g/mol. The number of rotatable bonds is 0. The van der Waals surface area contributed by atoms with Crippen molar-refractivity contribution in [3.63, 3.8) is 0 Å². The van der Waals surface area contributed by atoms with E-state index in [1.165, 1.54) is 17.6 Å². The third-order valence-corrected chi connectivity index (χ3v) is 1.64. The Morgan fingerprint density at radius 1 is 1.50 bits per heavy atom. The lowest BCUT2D eigenvalue weighted by Crippen LogP contribution is -2.70. The molecule has 0 saturated carbocycles. The first-order valence-electron chi connectivity index (χ1n) is 3.03. The Morgan fingerprint density at radius 3 is 2.62 bits per heavy atom. The molecule has 1 N–H and O–H groups in total. The number of allylic oxidation sites excluding steroid dienone is 1. The van der Waals surface area contributed by atoms with Gasteiger partial charge in [0.25, 0.3) is 0 Å². The van der Waals surface area contributed by atoms with Gasteiger partial charge in [-0.05, 0) is 13.8 Å². The zero-order valence-electron chi connectivity index (χ0n) is 5.49. The summed E-state index contributed by atoms with van der Waals surface area (Å²) >= 11 is 0. The molecule has 0 aromatic carbocycles. The van der Waals surface area contributed by atoms with E-state index in [0.717, 1.165) is 6.54 Å². The van der Waals surface area contributed by atoms with Crippen molar-refractivity contribution in [3.05, 3.63) is 11.1 Å². The Hall–Kier alpha value is -0.590. The van der Waals surface area contributed by atoms with E-state index in [1.807, 2.05) is 0 Å². The molecular weight excluding hydrogens is 98.1 g/mol. The summed E-state index contributed by atoms with van der Waals surface area (Å²) in [5, 5.41) is 0. The van der Waals surface area contributed by atoms with E-state index in [4.69, 9.17) is 0 Å². The van der Waals surface area contributed by atoms with Crippen LogP contribution in [0.4, 0.5) is 0 Å². The summed E-state index contributed by atoms with van der Waals surface area (Å²) in [7, 11) is 0. The summed E-state index contributed by atoms with van der Waals surface area (Å²) in [5.74, 6) is 0. The average Bonchev–Trinajstić information content (AvgIpc) is 1.77. The van der Waals surface area contributed by atoms with Gasteiger partial charge in [-0.1, -0.05) is 5.57 Å². The lowest BCUT2D eigenvalue weighted by atomic mass is 10.1. The Morgan fingerprint density at radius 2 is 2.25 bits per heavy atom. The molecule has 0 aromatic rings. The minimum atomic E-state index is 1.11. The first-order chi connectivity index (χ1) is 3.80. The summed E-state index contributed by atoms with van der Waals surface area (Å²) in [6.07, 6.45) is 3.29. The molecule has 1 aliphatic rings. The van der Waals surface area contributed by atoms with Gasteiger partial charge in [-0.3, -0.25) is 0 Å². The van der Waals surface area contributed by atoms with Crippen LogP contribution < -0.4 is 4.99 Å². The van der Waals surface area contributed by atoms with Crippen LogP contribution in [0.15, 0.2) is 11.1 Å². The van der Waals surface area contributed by atoms with Crippen LogP contribution in [0.3, 0.4) is 0 Å². The van der Waals surface area contributed by atoms with Crippen LogP contribution in [0, 0.1) is 0 Å². The highest BCUT2D eigenvalue weighted by molar-refractivity contribution is 5.74. The Labute approximate surface area is 50.1 Å². The molecule has 1 aliphatic heterocycles. The highest BCUT2D eigenvalue weighted by Crippen LogP contribution is 2.03. The van der Waals surface area contributed by atoms with Crippen molar-refractivity contribution in [1.29, 1.82) is 0 Å². The van der Waals surface area contributed by atoms with E-state index < -0.39 is 0 Å². The second-order valence-corrected chi connectivity index (χ2v) is 2.31. The topological polar surface area (TPSA) is 14.0 Å². The van der Waals surface area contributed by atoms with Gasteiger partial charge in [0.2, 0.25) is 0 Å². The smallest absolute Gasteiger partial charge is 0.164 e. The highest BCUT2D eigenvalue weighted by Gasteiger charge is 2.02. The lowest BCUT2D eigenvalue weighted by molar-refractivity contribution is -0.452. The maximum absolute atomic E-state index is 3.18. The molecule has 0 unspecified atom stereocenters. The van der Waals surface area contributed by atoms with Gasteiger partial charge in [-0.2, -0.15) is 0 Å². The van der Waals surface area contributed by atoms with Gasteiger partial charge < -0.3 is 0 Å². The number of hydrogen-bond acceptors (Lipinski definition) is 0. The van der Waals surface area contributed by atoms with Crippen LogP contribution in [0.5, 0.6) is 0 Å². The van der Waals surface area contributed by atoms with E-state index >= 15 is 0 Å². The first kappa shape index (κ1) is 5.54. The standard InChI is InChI=1S/C7H11N/c1-6-3-4-8-5-7(6)2/h5H,3-4H2,1-2H3/p+1. The minimum absolute atomic E-state index is 1.11. The molecular formula is C7H12N+. The summed E-state index contributed by atoms with van der Waals surface area (Å²) in [5.41, 5.74) is 2.92. The minimum Gasteiger partial charge on any atom is -0.248 e. The van der Waals surface area contributed by atoms with Crippen molar-refractivity contribution < 1.29 is 4.99 Å². The van der Waals surface area contributed by atoms with E-state index in [9.17, 15) is 0 Å². The molecule has 8 heavy (non-hydrogen) atoms. The Kier molecular flexibility index (Phi) is 1.47. The molecule has 1 heterocycles. The molecule has 0 amide bonds. The predicted octanol–water partition coefficient (Wildman–Crippen LogP) is -0.122. The summed E-state index contributed by atoms with van der Waals surface area (Å²) < 4.78 is 0. The van der Waals surface area contributed by atoms with Gasteiger partial charge in [0.15, 0.2) is 6.21 Å². The zero-order chi connectivity index (χ0) is 5.98. The zero-order valence-corrected chi connectivity index (χ0v) is 5.49. The number of nitrogens with one attached hydrogen (secondary N) is 1. The summed E-state index contributed by atoms with van der Waals surface area (Å²) in [6.45, 7) is 5.44. The van der Waals surface area contributed by atoms with Crippen molar-refractivity contribution in [1.82, 2.24) is 0 Å². The SMILES string of the molecule is CC1=C(C)CC[NH+]=C1. The van der Waals surface area contributed by atoms with Gasteiger partial charge in [0.05, 0.1) is 0 Å². The fraction of sp³-hybridized carbons (Fsp3) is 0.571. The molecule has 0 radical (unpaired) electrons. The normalized spacial score (nSPS) is 19.8. The second-order valence-electron chi connectivity index (χ2n) is 2.31. The van der Waals surface area contributed by atoms with Gasteiger partial charge in [-0.25, -0.2) is 4.99 Å². The first-order valence-corrected chi connectivity index (χ1v) is 3.03. The van der Waals surface area contributed by atoms with Crippen molar-refractivity contribution in [2.45, 2.75) is 20.3 Å². The lowest BCUT2D eigenvalue weighted by Gasteiger charge is -2.00. The van der Waals surface area contributed by atoms with E-state index in [1.54, 1.807) is 0 Å². The molecule has 0 fully saturated rings. The fourth-order valence-corrected chi connectivity index (χ4v) is 0.805. The molecule has 1 heteroatoms. The highest BCUT2D eigenvalue weighted by atomic mass is 14.7. The average molecular weight is 110 g/mol. The van der Waals surface area contributed by atoms with Gasteiger partial charge in [0, 0.05) is 12.0 Å². The Bertz CT molecular complexity index is 142. The molecule has 0 spiro atoms. The summed E-state index contributed by atoms with van der Waals surface area (Å²) in [4.78, 5) is 3.18. The third kappa shape index (κ3) is 0.971. The molecule has 0 bridgehead atoms. The van der Waals surface area contributed by atoms with Crippen molar-refractivity contribution in [3.8, 4) is 0 Å². The molecule has 0 atom stereocenters. The molecule has 0 aromatic heterocycles. The summed E-state index contributed by atoms with van der Waals surface area (Å²) in [6, 6.07) is 0. The quantitative estimate of drug-likeness (QED) is 0.447. The van der Waals surface area contributed by atoms with Crippen LogP contribution >= 0.6 is 0 Å². The maximum Gasteiger partial charge on any atom is 0.164 e. The molecule has 0 saturated heterocycles. The maximum atomic E-state index is 3.18. The third-order valence-electron chi connectivity index (χ3n) is 1.64. The Balaban J connectivity index is 2.76. The van der Waals surface area contributed by atoms with Crippen molar-refractivity contribution in [2.75, 3.05) is 6.54 Å². The van der Waals surface area contributed by atoms with Crippen LogP contribution in [0.2, 0.25) is 0 Å². The molecule has 1 rings (SSSR count). The van der Waals surface area contributed by atoms with Crippen LogP contribution in [0.1, 0.15) is 20.3 Å². The van der Waals surface area contributed by atoms with Crippen LogP contribution in [-0.2, 0) is 0 Å². The molecule has 1 nitrogen and oxygen atoms in total. The van der Waals surface area contributed by atoms with Gasteiger partial charge in [0.1, 0.15) is 6.54 Å². The second kappa shape index (κ2) is 2.12. The molecule has 0 aliphatic carbocycles. The van der Waals surface area contributed by atoms with Crippen molar-refractivity contribution >= 4 is 6.21 Å².